The van der Waals surface area contributed by atoms with Crippen LogP contribution in [0.4, 0.5) is 0 Å². The van der Waals surface area contributed by atoms with E-state index in [1.807, 2.05) is 18.9 Å². The van der Waals surface area contributed by atoms with Gasteiger partial charge >= 0.3 is 0 Å². The number of likely N-dealkylation sites (N-methyl/N-ethyl adjacent to an activating group) is 1. The van der Waals surface area contributed by atoms with E-state index in [9.17, 15) is 4.79 Å². The van der Waals surface area contributed by atoms with E-state index in [4.69, 9.17) is 0 Å². The monoisotopic (exact) mass is 275 g/mol. The van der Waals surface area contributed by atoms with Gasteiger partial charge in [0.2, 0.25) is 5.91 Å². The molecule has 2 aliphatic rings. The van der Waals surface area contributed by atoms with Crippen molar-refractivity contribution in [3.8, 4) is 0 Å². The Labute approximate surface area is 119 Å². The van der Waals surface area contributed by atoms with Crippen molar-refractivity contribution in [2.24, 2.45) is 0 Å². The van der Waals surface area contributed by atoms with Crippen LogP contribution in [0.1, 0.15) is 25.0 Å². The second-order valence-corrected chi connectivity index (χ2v) is 5.80. The van der Waals surface area contributed by atoms with E-state index in [0.717, 1.165) is 31.2 Å². The van der Waals surface area contributed by atoms with Crippen LogP contribution < -0.4 is 0 Å². The molecule has 1 unspecified atom stereocenters. The maximum absolute atomic E-state index is 12.8. The molecule has 20 heavy (non-hydrogen) atoms. The summed E-state index contributed by atoms with van der Waals surface area (Å²) >= 11 is 0. The topological polar surface area (TPSA) is 54.3 Å². The second kappa shape index (κ2) is 5.01. The second-order valence-electron chi connectivity index (χ2n) is 5.80. The molecule has 0 saturated carbocycles. The maximum atomic E-state index is 12.8. The van der Waals surface area contributed by atoms with Gasteiger partial charge in [-0.25, -0.2) is 0 Å². The molecule has 0 spiro atoms. The summed E-state index contributed by atoms with van der Waals surface area (Å²) in [6, 6.07) is -0.108. The first kappa shape index (κ1) is 13.3. The zero-order chi connectivity index (χ0) is 14.3. The smallest absolute Gasteiger partial charge is 0.242 e. The molecule has 3 heterocycles. The Balaban J connectivity index is 1.79. The fraction of sp³-hybridized carbons (Fsp3) is 0.643. The predicted molar refractivity (Wildman–Crippen MR) is 75.0 cm³/mol. The van der Waals surface area contributed by atoms with Crippen LogP contribution in [0.25, 0.3) is 0 Å². The Hall–Kier alpha value is -1.69. The van der Waals surface area contributed by atoms with Crippen LogP contribution in [-0.4, -0.2) is 56.7 Å². The zero-order valence-corrected chi connectivity index (χ0v) is 12.3. The molecule has 2 aliphatic heterocycles. The predicted octanol–water partition coefficient (Wildman–Crippen LogP) is 0.579. The minimum absolute atomic E-state index is 0.108. The lowest BCUT2D eigenvalue weighted by atomic mass is 10.1. The Morgan fingerprint density at radius 2 is 2.10 bits per heavy atom. The van der Waals surface area contributed by atoms with Gasteiger partial charge in [-0.05, 0) is 27.3 Å². The summed E-state index contributed by atoms with van der Waals surface area (Å²) in [7, 11) is 1.99. The van der Waals surface area contributed by atoms with Gasteiger partial charge < -0.3 is 9.47 Å². The summed E-state index contributed by atoms with van der Waals surface area (Å²) in [6.45, 7) is 6.96. The largest absolute Gasteiger partial charge is 0.337 e. The molecule has 3 rings (SSSR count). The van der Waals surface area contributed by atoms with Gasteiger partial charge in [0.1, 0.15) is 17.7 Å². The van der Waals surface area contributed by atoms with E-state index >= 15 is 0 Å². The molecule has 1 aromatic heterocycles. The number of carbonyl (C=O) groups excluding carboxylic acids is 1. The summed E-state index contributed by atoms with van der Waals surface area (Å²) in [5.41, 5.74) is 1.28. The van der Waals surface area contributed by atoms with Gasteiger partial charge in [-0.2, -0.15) is 0 Å². The van der Waals surface area contributed by atoms with Gasteiger partial charge in [-0.1, -0.05) is 11.6 Å². The van der Waals surface area contributed by atoms with Crippen molar-refractivity contribution in [2.75, 3.05) is 20.1 Å². The van der Waals surface area contributed by atoms with Crippen molar-refractivity contribution in [1.29, 1.82) is 0 Å². The van der Waals surface area contributed by atoms with Crippen LogP contribution in [0.2, 0.25) is 0 Å². The van der Waals surface area contributed by atoms with Gasteiger partial charge in [0.15, 0.2) is 0 Å². The van der Waals surface area contributed by atoms with Crippen molar-refractivity contribution in [1.82, 2.24) is 24.6 Å². The van der Waals surface area contributed by atoms with Crippen LogP contribution >= 0.6 is 0 Å². The fourth-order valence-corrected chi connectivity index (χ4v) is 3.00. The Bertz CT molecular complexity index is 562. The summed E-state index contributed by atoms with van der Waals surface area (Å²) in [5, 5.41) is 8.27. The van der Waals surface area contributed by atoms with Crippen LogP contribution in [0.15, 0.2) is 11.6 Å². The van der Waals surface area contributed by atoms with Crippen LogP contribution in [0.3, 0.4) is 0 Å². The van der Waals surface area contributed by atoms with Crippen LogP contribution in [-0.2, 0) is 17.9 Å². The SMILES string of the molecule is CC1=CCCN(C(=O)C2Cn3c(C)nnc3CN2C)C1. The third-order valence-corrected chi connectivity index (χ3v) is 4.22. The highest BCUT2D eigenvalue weighted by molar-refractivity contribution is 5.82. The number of hydrogen-bond acceptors (Lipinski definition) is 4. The molecule has 0 aromatic carbocycles. The first-order chi connectivity index (χ1) is 9.56. The third kappa shape index (κ3) is 2.24. The molecule has 0 bridgehead atoms. The van der Waals surface area contributed by atoms with Crippen molar-refractivity contribution in [3.63, 3.8) is 0 Å². The highest BCUT2D eigenvalue weighted by atomic mass is 16.2. The number of carbonyl (C=O) groups is 1. The molecular formula is C14H21N5O. The first-order valence-electron chi connectivity index (χ1n) is 7.09. The molecule has 1 atom stereocenters. The average Bonchev–Trinajstić information content (AvgIpc) is 2.78. The van der Waals surface area contributed by atoms with E-state index in [0.29, 0.717) is 13.1 Å². The average molecular weight is 275 g/mol. The van der Waals surface area contributed by atoms with Gasteiger partial charge in [0, 0.05) is 13.1 Å². The summed E-state index contributed by atoms with van der Waals surface area (Å²) < 4.78 is 2.06. The number of amides is 1. The molecule has 1 aromatic rings. The molecule has 0 radical (unpaired) electrons. The lowest BCUT2D eigenvalue weighted by molar-refractivity contribution is -0.137. The van der Waals surface area contributed by atoms with Gasteiger partial charge in [0.05, 0.1) is 13.1 Å². The number of fused-ring (bicyclic) bond motifs is 1. The van der Waals surface area contributed by atoms with E-state index < -0.39 is 0 Å². The summed E-state index contributed by atoms with van der Waals surface area (Å²) in [6.07, 6.45) is 3.18. The molecule has 0 saturated heterocycles. The highest BCUT2D eigenvalue weighted by Crippen LogP contribution is 2.19. The molecule has 6 heteroatoms. The lowest BCUT2D eigenvalue weighted by Gasteiger charge is -2.36. The molecule has 6 nitrogen and oxygen atoms in total. The van der Waals surface area contributed by atoms with Crippen molar-refractivity contribution in [3.05, 3.63) is 23.3 Å². The number of hydrogen-bond donors (Lipinski definition) is 0. The van der Waals surface area contributed by atoms with Crippen molar-refractivity contribution >= 4 is 5.91 Å². The fourth-order valence-electron chi connectivity index (χ4n) is 3.00. The van der Waals surface area contributed by atoms with Crippen molar-refractivity contribution in [2.45, 2.75) is 39.4 Å². The quantitative estimate of drug-likeness (QED) is 0.704. The third-order valence-electron chi connectivity index (χ3n) is 4.22. The highest BCUT2D eigenvalue weighted by Gasteiger charge is 2.34. The molecule has 0 fully saturated rings. The molecular weight excluding hydrogens is 254 g/mol. The Morgan fingerprint density at radius 1 is 1.30 bits per heavy atom. The minimum Gasteiger partial charge on any atom is -0.337 e. The van der Waals surface area contributed by atoms with Gasteiger partial charge in [0.25, 0.3) is 0 Å². The van der Waals surface area contributed by atoms with E-state index in [2.05, 4.69) is 32.7 Å². The maximum Gasteiger partial charge on any atom is 0.242 e. The summed E-state index contributed by atoms with van der Waals surface area (Å²) in [5.74, 6) is 2.06. The van der Waals surface area contributed by atoms with Gasteiger partial charge in [-0.3, -0.25) is 9.69 Å². The molecule has 0 N–H and O–H groups in total. The van der Waals surface area contributed by atoms with Crippen LogP contribution in [0.5, 0.6) is 0 Å². The zero-order valence-electron chi connectivity index (χ0n) is 12.3. The Morgan fingerprint density at radius 3 is 2.85 bits per heavy atom. The minimum atomic E-state index is -0.108. The molecule has 108 valence electrons. The number of aryl methyl sites for hydroxylation is 1. The summed E-state index contributed by atoms with van der Waals surface area (Å²) in [4.78, 5) is 16.8. The number of rotatable bonds is 1. The van der Waals surface area contributed by atoms with E-state index in [-0.39, 0.29) is 11.9 Å². The molecule has 0 aliphatic carbocycles. The standard InChI is InChI=1S/C14H21N5O/c1-10-5-4-6-18(7-10)14(20)12-8-19-11(2)15-16-13(19)9-17(12)3/h5,12H,4,6-9H2,1-3H3. The van der Waals surface area contributed by atoms with Crippen molar-refractivity contribution < 1.29 is 4.79 Å². The van der Waals surface area contributed by atoms with Gasteiger partial charge in [-0.15, -0.1) is 10.2 Å². The number of aromatic nitrogens is 3. The van der Waals surface area contributed by atoms with E-state index in [1.165, 1.54) is 5.57 Å². The van der Waals surface area contributed by atoms with E-state index in [1.54, 1.807) is 0 Å². The number of nitrogens with zero attached hydrogens (tertiary/aromatic N) is 5. The molecule has 1 amide bonds. The normalized spacial score (nSPS) is 23.4. The van der Waals surface area contributed by atoms with Crippen LogP contribution in [0, 0.1) is 6.92 Å². The Kier molecular flexibility index (Phi) is 3.33. The lowest BCUT2D eigenvalue weighted by Crippen LogP contribution is -2.52. The first-order valence-corrected chi connectivity index (χ1v) is 7.09.